The molecule has 0 bridgehead atoms. The van der Waals surface area contributed by atoms with Gasteiger partial charge in [-0.2, -0.15) is 0 Å². The second-order valence-electron chi connectivity index (χ2n) is 17.2. The quantitative estimate of drug-likeness (QED) is 0.0577. The van der Waals surface area contributed by atoms with Crippen molar-refractivity contribution in [3.8, 4) is 0 Å². The zero-order valence-electron chi connectivity index (χ0n) is 39.1. The minimum Gasteiger partial charge on any atom is -0.368 e. The van der Waals surface area contributed by atoms with Crippen molar-refractivity contribution in [2.75, 3.05) is 25.7 Å². The van der Waals surface area contributed by atoms with Crippen LogP contribution in [0.4, 0.5) is 0 Å². The molecule has 0 aliphatic carbocycles. The Bertz CT molecular complexity index is 2300. The van der Waals surface area contributed by atoms with E-state index in [9.17, 15) is 0 Å². The summed E-state index contributed by atoms with van der Waals surface area (Å²) < 4.78 is 95.6. The summed E-state index contributed by atoms with van der Waals surface area (Å²) in [5.74, 6) is -0.954. The number of hydrogen-bond donors (Lipinski definition) is 0. The average molecular weight is 959 g/mol. The van der Waals surface area contributed by atoms with Crippen molar-refractivity contribution >= 4 is 9.84 Å². The largest absolute Gasteiger partial charge is 0.368 e. The highest BCUT2D eigenvalue weighted by Crippen LogP contribution is 2.35. The van der Waals surface area contributed by atoms with Crippen LogP contribution >= 0.6 is 0 Å². The number of rotatable bonds is 24. The third-order valence-corrected chi connectivity index (χ3v) is 13.9. The fraction of sp³-hybridized carbons (Fsp3) is 0.357. The van der Waals surface area contributed by atoms with Crippen molar-refractivity contribution < 1.29 is 55.8 Å². The van der Waals surface area contributed by atoms with Gasteiger partial charge in [0.25, 0.3) is 0 Å². The van der Waals surface area contributed by atoms with Crippen LogP contribution in [-0.4, -0.2) is 95.6 Å². The molecule has 0 saturated carbocycles. The number of ether oxygens (including phenoxy) is 10. The molecule has 0 spiro atoms. The van der Waals surface area contributed by atoms with E-state index in [0.717, 1.165) is 33.4 Å². The van der Waals surface area contributed by atoms with Crippen molar-refractivity contribution in [2.24, 2.45) is 0 Å². The molecule has 13 heteroatoms. The lowest BCUT2D eigenvalue weighted by molar-refractivity contribution is -0.315. The first-order valence-electron chi connectivity index (χ1n) is 23.4. The first-order chi connectivity index (χ1) is 33.9. The van der Waals surface area contributed by atoms with Gasteiger partial charge in [-0.25, -0.2) is 8.42 Å². The molecule has 2 saturated heterocycles. The van der Waals surface area contributed by atoms with Crippen LogP contribution in [0.5, 0.6) is 0 Å². The second kappa shape index (κ2) is 25.6. The highest BCUT2D eigenvalue weighted by atomic mass is 32.2. The van der Waals surface area contributed by atoms with Gasteiger partial charge in [0, 0.05) is 14.2 Å². The summed E-state index contributed by atoms with van der Waals surface area (Å²) in [7, 11) is -1.10. The first kappa shape index (κ1) is 50.3. The van der Waals surface area contributed by atoms with Gasteiger partial charge in [-0.15, -0.1) is 0 Å². The monoisotopic (exact) mass is 958 g/mol. The predicted molar refractivity (Wildman–Crippen MR) is 260 cm³/mol. The molecule has 364 valence electrons. The van der Waals surface area contributed by atoms with Crippen LogP contribution in [0.25, 0.3) is 0 Å². The molecule has 2 fully saturated rings. The van der Waals surface area contributed by atoms with Gasteiger partial charge in [0.2, 0.25) is 0 Å². The van der Waals surface area contributed by atoms with E-state index in [-0.39, 0.29) is 39.6 Å². The molecular weight excluding hydrogens is 897 g/mol. The van der Waals surface area contributed by atoms with Crippen LogP contribution in [0.1, 0.15) is 33.4 Å². The van der Waals surface area contributed by atoms with Crippen molar-refractivity contribution in [2.45, 2.75) is 101 Å². The lowest BCUT2D eigenvalue weighted by Crippen LogP contribution is -2.63. The molecule has 0 amide bonds. The molecule has 2 heterocycles. The predicted octanol–water partition coefficient (Wildman–Crippen LogP) is 8.66. The fourth-order valence-corrected chi connectivity index (χ4v) is 10.4. The van der Waals surface area contributed by atoms with Gasteiger partial charge in [-0.3, -0.25) is 0 Å². The average Bonchev–Trinajstić information content (AvgIpc) is 3.39. The Kier molecular flexibility index (Phi) is 18.7. The van der Waals surface area contributed by atoms with E-state index < -0.39 is 82.8 Å². The highest BCUT2D eigenvalue weighted by molar-refractivity contribution is 7.91. The lowest BCUT2D eigenvalue weighted by Gasteiger charge is -2.46. The molecule has 10 atom stereocenters. The van der Waals surface area contributed by atoms with E-state index in [1.54, 1.807) is 0 Å². The van der Waals surface area contributed by atoms with E-state index >= 15 is 8.42 Å². The summed E-state index contributed by atoms with van der Waals surface area (Å²) in [6, 6.07) is 58.4. The standard InChI is InChI=1S/C56H62O12S/c1-59-55-53(65-37-45-29-17-7-18-30-45)51(63-35-43-25-13-5-14-26-43)49(61-33-41-21-9-3-10-22-41)47(67-55)39-69(57,58)40-48-50(62-34-42-23-11-4-12-24-42)52(64-36-44-27-15-6-16-28-44)54(56(60-2)68-48)66-38-46-31-19-8-20-32-46/h3-32,47-56H,33-40H2,1-2H3/t47-,48-,49-,50+,51+,52+,53-,54-,55+,56+/m1/s1. The molecule has 2 aliphatic rings. The van der Waals surface area contributed by atoms with E-state index in [1.807, 2.05) is 182 Å². The fourth-order valence-electron chi connectivity index (χ4n) is 8.71. The van der Waals surface area contributed by atoms with E-state index in [4.69, 9.17) is 47.4 Å². The Morgan fingerprint density at radius 2 is 0.551 bits per heavy atom. The van der Waals surface area contributed by atoms with Gasteiger partial charge < -0.3 is 47.4 Å². The van der Waals surface area contributed by atoms with E-state index in [0.29, 0.717) is 0 Å². The highest BCUT2D eigenvalue weighted by Gasteiger charge is 2.53. The van der Waals surface area contributed by atoms with E-state index in [1.165, 1.54) is 14.2 Å². The zero-order chi connectivity index (χ0) is 47.7. The van der Waals surface area contributed by atoms with Gasteiger partial charge in [0.1, 0.15) is 48.8 Å². The number of methoxy groups -OCH3 is 2. The maximum atomic E-state index is 15.1. The molecule has 69 heavy (non-hydrogen) atoms. The van der Waals surface area contributed by atoms with Crippen LogP contribution in [0, 0.1) is 0 Å². The molecule has 0 radical (unpaired) electrons. The number of benzene rings is 6. The number of sulfone groups is 1. The third-order valence-electron chi connectivity index (χ3n) is 12.2. The molecule has 2 aliphatic heterocycles. The zero-order valence-corrected chi connectivity index (χ0v) is 39.9. The Labute approximate surface area is 406 Å². The minimum atomic E-state index is -4.12. The van der Waals surface area contributed by atoms with Gasteiger partial charge in [0.05, 0.1) is 51.1 Å². The summed E-state index contributed by atoms with van der Waals surface area (Å²) in [6.07, 6.45) is -9.33. The maximum Gasteiger partial charge on any atom is 0.186 e. The number of hydrogen-bond acceptors (Lipinski definition) is 12. The van der Waals surface area contributed by atoms with Gasteiger partial charge in [-0.1, -0.05) is 182 Å². The van der Waals surface area contributed by atoms with Crippen LogP contribution in [0.2, 0.25) is 0 Å². The van der Waals surface area contributed by atoms with Crippen molar-refractivity contribution in [1.82, 2.24) is 0 Å². The second-order valence-corrected chi connectivity index (χ2v) is 19.4. The Morgan fingerprint density at radius 1 is 0.333 bits per heavy atom. The van der Waals surface area contributed by atoms with Crippen molar-refractivity contribution in [3.05, 3.63) is 215 Å². The Hall–Kier alpha value is -5.13. The van der Waals surface area contributed by atoms with Crippen LogP contribution in [-0.2, 0) is 96.8 Å². The maximum absolute atomic E-state index is 15.1. The molecule has 0 unspecified atom stereocenters. The molecule has 0 N–H and O–H groups in total. The summed E-state index contributed by atoms with van der Waals surface area (Å²) in [6.45, 7) is 1.15. The summed E-state index contributed by atoms with van der Waals surface area (Å²) in [4.78, 5) is 0. The smallest absolute Gasteiger partial charge is 0.186 e. The topological polar surface area (TPSA) is 126 Å². The Balaban J connectivity index is 1.10. The van der Waals surface area contributed by atoms with Crippen molar-refractivity contribution in [1.29, 1.82) is 0 Å². The van der Waals surface area contributed by atoms with Crippen molar-refractivity contribution in [3.63, 3.8) is 0 Å². The van der Waals surface area contributed by atoms with E-state index in [2.05, 4.69) is 0 Å². The van der Waals surface area contributed by atoms with Gasteiger partial charge in [-0.05, 0) is 33.4 Å². The Morgan fingerprint density at radius 3 is 0.783 bits per heavy atom. The summed E-state index contributed by atoms with van der Waals surface area (Å²) >= 11 is 0. The van der Waals surface area contributed by atoms with Gasteiger partial charge in [0.15, 0.2) is 22.4 Å². The minimum absolute atomic E-state index is 0.154. The SMILES string of the molecule is CO[C@H]1O[C@H](CS(=O)(=O)C[C@H]2O[C@H](OC)[C@H](OCc3ccccc3)[C@@H](OCc3ccccc3)[C@H]2OCc2ccccc2)[C@@H](OCc2ccccc2)[C@H](OCc2ccccc2)[C@H]1OCc1ccccc1. The summed E-state index contributed by atoms with van der Waals surface area (Å²) in [5.41, 5.74) is 5.49. The lowest BCUT2D eigenvalue weighted by atomic mass is 9.98. The molecular formula is C56H62O12S. The molecule has 0 aromatic heterocycles. The van der Waals surface area contributed by atoms with Crippen LogP contribution in [0.3, 0.4) is 0 Å². The van der Waals surface area contributed by atoms with Crippen LogP contribution < -0.4 is 0 Å². The molecule has 8 rings (SSSR count). The molecule has 12 nitrogen and oxygen atoms in total. The molecule has 6 aromatic carbocycles. The third kappa shape index (κ3) is 14.5. The molecule has 6 aromatic rings. The summed E-state index contributed by atoms with van der Waals surface area (Å²) in [5, 5.41) is 0. The van der Waals surface area contributed by atoms with Crippen LogP contribution in [0.15, 0.2) is 182 Å². The van der Waals surface area contributed by atoms with Gasteiger partial charge >= 0.3 is 0 Å². The first-order valence-corrected chi connectivity index (χ1v) is 25.2. The normalized spacial score (nSPS) is 25.0.